The molecular formula is C21H24N2O6S3. The molecule has 1 atom stereocenters. The maximum atomic E-state index is 12.8. The fourth-order valence-electron chi connectivity index (χ4n) is 3.79. The molecule has 2 heterocycles. The number of anilines is 1. The summed E-state index contributed by atoms with van der Waals surface area (Å²) < 4.78 is 53.0. The number of thiophene rings is 1. The Hall–Kier alpha value is -2.21. The Morgan fingerprint density at radius 1 is 1.06 bits per heavy atom. The molecule has 0 saturated carbocycles. The largest absolute Gasteiger partial charge is 0.480 e. The molecule has 1 saturated heterocycles. The molecule has 11 heteroatoms. The minimum atomic E-state index is -4.00. The summed E-state index contributed by atoms with van der Waals surface area (Å²) in [6, 6.07) is 9.50. The minimum absolute atomic E-state index is 0.0184. The van der Waals surface area contributed by atoms with Crippen molar-refractivity contribution < 1.29 is 26.7 Å². The molecule has 1 aromatic heterocycles. The normalized spacial score (nSPS) is 17.8. The molecule has 0 aliphatic carbocycles. The molecule has 0 unspecified atom stereocenters. The number of nitrogens with one attached hydrogen (secondary N) is 1. The first-order valence-corrected chi connectivity index (χ1v) is 14.3. The number of aliphatic carboxylic acids is 1. The summed E-state index contributed by atoms with van der Waals surface area (Å²) in [5.41, 5.74) is 0.940. The van der Waals surface area contributed by atoms with Gasteiger partial charge in [-0.25, -0.2) is 16.8 Å². The average Bonchev–Trinajstić information content (AvgIpc) is 3.08. The van der Waals surface area contributed by atoms with E-state index in [-0.39, 0.29) is 16.4 Å². The first-order chi connectivity index (χ1) is 15.0. The molecule has 1 fully saturated rings. The molecular weight excluding hydrogens is 472 g/mol. The van der Waals surface area contributed by atoms with Crippen LogP contribution in [0, 0.1) is 5.92 Å². The lowest BCUT2D eigenvalue weighted by atomic mass is 10.1. The van der Waals surface area contributed by atoms with Gasteiger partial charge in [0, 0.05) is 38.9 Å². The van der Waals surface area contributed by atoms with Crippen molar-refractivity contribution in [3.8, 4) is 0 Å². The molecule has 8 nitrogen and oxygen atoms in total. The van der Waals surface area contributed by atoms with Gasteiger partial charge in [-0.3, -0.25) is 4.79 Å². The Bertz CT molecular complexity index is 1400. The van der Waals surface area contributed by atoms with E-state index in [1.807, 2.05) is 23.1 Å². The summed E-state index contributed by atoms with van der Waals surface area (Å²) in [7, 11) is -6.97. The summed E-state index contributed by atoms with van der Waals surface area (Å²) in [6.07, 6.45) is 0. The number of nitrogens with zero attached hydrogens (tertiary/aromatic N) is 1. The molecule has 0 spiro atoms. The van der Waals surface area contributed by atoms with Crippen LogP contribution in [0.1, 0.15) is 13.8 Å². The van der Waals surface area contributed by atoms with Gasteiger partial charge in [0.15, 0.2) is 9.84 Å². The molecule has 0 bridgehead atoms. The third-order valence-electron chi connectivity index (χ3n) is 5.66. The third kappa shape index (κ3) is 4.47. The first-order valence-electron chi connectivity index (χ1n) is 10.1. The second-order valence-corrected chi connectivity index (χ2v) is 13.4. The second-order valence-electron chi connectivity index (χ2n) is 8.26. The predicted molar refractivity (Wildman–Crippen MR) is 127 cm³/mol. The van der Waals surface area contributed by atoms with Crippen LogP contribution in [0.5, 0.6) is 0 Å². The SMILES string of the molecule is CC(C)[C@H](NS(=O)(=O)c1ccc2c(c1)sc1cc(N3CCS(=O)(=O)CC3)ccc12)C(=O)O. The van der Waals surface area contributed by atoms with E-state index in [4.69, 9.17) is 0 Å². The van der Waals surface area contributed by atoms with Crippen LogP contribution in [0.2, 0.25) is 0 Å². The van der Waals surface area contributed by atoms with Crippen LogP contribution in [-0.4, -0.2) is 58.5 Å². The Kier molecular flexibility index (Phi) is 5.95. The summed E-state index contributed by atoms with van der Waals surface area (Å²) in [4.78, 5) is 13.5. The van der Waals surface area contributed by atoms with Crippen molar-refractivity contribution in [2.75, 3.05) is 29.5 Å². The van der Waals surface area contributed by atoms with Crippen LogP contribution in [0.25, 0.3) is 20.2 Å². The van der Waals surface area contributed by atoms with E-state index in [9.17, 15) is 26.7 Å². The highest BCUT2D eigenvalue weighted by Crippen LogP contribution is 2.37. The molecule has 0 amide bonds. The van der Waals surface area contributed by atoms with Gasteiger partial charge in [-0.15, -0.1) is 11.3 Å². The number of sulfone groups is 1. The number of hydrogen-bond donors (Lipinski definition) is 2. The van der Waals surface area contributed by atoms with Gasteiger partial charge in [-0.2, -0.15) is 4.72 Å². The van der Waals surface area contributed by atoms with Crippen LogP contribution in [-0.2, 0) is 24.7 Å². The van der Waals surface area contributed by atoms with Crippen molar-refractivity contribution in [1.29, 1.82) is 0 Å². The summed E-state index contributed by atoms with van der Waals surface area (Å²) in [6.45, 7) is 4.19. The molecule has 2 aromatic carbocycles. The zero-order valence-electron chi connectivity index (χ0n) is 17.6. The standard InChI is InChI=1S/C21H24N2O6S3/c1-13(2)20(21(24)25)22-32(28,29)15-4-6-17-16-5-3-14(11-18(16)30-19(17)12-15)23-7-9-31(26,27)10-8-23/h3-6,11-13,20,22H,7-10H2,1-2H3,(H,24,25)/t20-/m0/s1. The number of rotatable bonds is 6. The van der Waals surface area contributed by atoms with Crippen molar-refractivity contribution in [2.45, 2.75) is 24.8 Å². The van der Waals surface area contributed by atoms with Crippen molar-refractivity contribution in [2.24, 2.45) is 5.92 Å². The molecule has 2 N–H and O–H groups in total. The highest BCUT2D eigenvalue weighted by Gasteiger charge is 2.28. The molecule has 3 aromatic rings. The van der Waals surface area contributed by atoms with Gasteiger partial charge in [-0.05, 0) is 30.2 Å². The van der Waals surface area contributed by atoms with Gasteiger partial charge in [0.2, 0.25) is 10.0 Å². The fourth-order valence-corrected chi connectivity index (χ4v) is 7.61. The van der Waals surface area contributed by atoms with E-state index in [0.29, 0.717) is 13.1 Å². The molecule has 172 valence electrons. The number of benzene rings is 2. The Morgan fingerprint density at radius 2 is 1.66 bits per heavy atom. The molecule has 32 heavy (non-hydrogen) atoms. The van der Waals surface area contributed by atoms with E-state index in [2.05, 4.69) is 4.72 Å². The maximum absolute atomic E-state index is 12.8. The number of sulfonamides is 1. The van der Waals surface area contributed by atoms with Crippen molar-refractivity contribution >= 4 is 63.0 Å². The smallest absolute Gasteiger partial charge is 0.322 e. The average molecular weight is 497 g/mol. The van der Waals surface area contributed by atoms with Crippen LogP contribution in [0.3, 0.4) is 0 Å². The van der Waals surface area contributed by atoms with E-state index in [0.717, 1.165) is 25.9 Å². The van der Waals surface area contributed by atoms with Crippen molar-refractivity contribution in [3.63, 3.8) is 0 Å². The lowest BCUT2D eigenvalue weighted by Gasteiger charge is -2.28. The van der Waals surface area contributed by atoms with Crippen molar-refractivity contribution in [3.05, 3.63) is 36.4 Å². The number of carbonyl (C=O) groups is 1. The van der Waals surface area contributed by atoms with Gasteiger partial charge in [0.05, 0.1) is 16.4 Å². The zero-order chi connectivity index (χ0) is 23.3. The third-order valence-corrected chi connectivity index (χ3v) is 9.83. The van der Waals surface area contributed by atoms with Crippen molar-refractivity contribution in [1.82, 2.24) is 4.72 Å². The lowest BCUT2D eigenvalue weighted by Crippen LogP contribution is -2.44. The summed E-state index contributed by atoms with van der Waals surface area (Å²) in [5.74, 6) is -1.35. The molecule has 4 rings (SSSR count). The first kappa shape index (κ1) is 23.0. The monoisotopic (exact) mass is 496 g/mol. The lowest BCUT2D eigenvalue weighted by molar-refractivity contribution is -0.140. The fraction of sp³-hybridized carbons (Fsp3) is 0.381. The molecule has 0 radical (unpaired) electrons. The zero-order valence-corrected chi connectivity index (χ0v) is 20.1. The van der Waals surface area contributed by atoms with Gasteiger partial charge in [0.1, 0.15) is 6.04 Å². The maximum Gasteiger partial charge on any atom is 0.322 e. The van der Waals surface area contributed by atoms with Crippen LogP contribution >= 0.6 is 11.3 Å². The molecule has 1 aliphatic rings. The summed E-state index contributed by atoms with van der Waals surface area (Å²) >= 11 is 1.45. The second kappa shape index (κ2) is 8.29. The highest BCUT2D eigenvalue weighted by molar-refractivity contribution is 7.91. The summed E-state index contributed by atoms with van der Waals surface area (Å²) in [5, 5.41) is 11.2. The van der Waals surface area contributed by atoms with E-state index in [1.54, 1.807) is 26.0 Å². The van der Waals surface area contributed by atoms with Gasteiger partial charge in [0.25, 0.3) is 0 Å². The van der Waals surface area contributed by atoms with E-state index >= 15 is 0 Å². The van der Waals surface area contributed by atoms with Crippen LogP contribution in [0.15, 0.2) is 41.3 Å². The quantitative estimate of drug-likeness (QED) is 0.538. The highest BCUT2D eigenvalue weighted by atomic mass is 32.2. The Morgan fingerprint density at radius 3 is 2.25 bits per heavy atom. The van der Waals surface area contributed by atoms with Crippen LogP contribution < -0.4 is 9.62 Å². The Labute approximate surface area is 190 Å². The van der Waals surface area contributed by atoms with E-state index < -0.39 is 37.8 Å². The minimum Gasteiger partial charge on any atom is -0.480 e. The van der Waals surface area contributed by atoms with Gasteiger partial charge < -0.3 is 10.0 Å². The number of carboxylic acid groups (broad SMARTS) is 1. The predicted octanol–water partition coefficient (Wildman–Crippen LogP) is 2.68. The molecule has 1 aliphatic heterocycles. The topological polar surface area (TPSA) is 121 Å². The van der Waals surface area contributed by atoms with E-state index in [1.165, 1.54) is 17.4 Å². The number of fused-ring (bicyclic) bond motifs is 3. The number of carboxylic acids is 1. The number of hydrogen-bond acceptors (Lipinski definition) is 7. The van der Waals surface area contributed by atoms with Gasteiger partial charge >= 0.3 is 5.97 Å². The van der Waals surface area contributed by atoms with Gasteiger partial charge in [-0.1, -0.05) is 26.0 Å². The van der Waals surface area contributed by atoms with Crippen LogP contribution in [0.4, 0.5) is 5.69 Å². The Balaban J connectivity index is 1.67.